The molecule has 0 aliphatic rings. The SMILES string of the molecule is COc1cc(C(=O)c2c(-c3cc(OC)c(OC)c(OC)c3)c3c4ccccc4c(C)cc3c3ccccc23)cc(OC)c1OC. The Morgan fingerprint density at radius 1 is 0.511 bits per heavy atom. The lowest BCUT2D eigenvalue weighted by Gasteiger charge is -2.22. The Bertz CT molecular complexity index is 2060. The summed E-state index contributed by atoms with van der Waals surface area (Å²) in [5.74, 6) is 2.41. The Balaban J connectivity index is 1.85. The van der Waals surface area contributed by atoms with Gasteiger partial charge in [-0.1, -0.05) is 54.6 Å². The first kappa shape index (κ1) is 29.6. The van der Waals surface area contributed by atoms with E-state index in [1.807, 2.05) is 42.5 Å². The Hall–Kier alpha value is -5.43. The molecule has 0 saturated heterocycles. The van der Waals surface area contributed by atoms with Crippen LogP contribution in [-0.2, 0) is 0 Å². The molecule has 0 unspecified atom stereocenters. The van der Waals surface area contributed by atoms with Crippen LogP contribution in [0.3, 0.4) is 0 Å². The van der Waals surface area contributed by atoms with Crippen molar-refractivity contribution in [1.82, 2.24) is 0 Å². The number of benzene rings is 6. The number of carbonyl (C=O) groups excluding carboxylic acids is 1. The van der Waals surface area contributed by atoms with Gasteiger partial charge < -0.3 is 28.4 Å². The first-order chi connectivity index (χ1) is 21.9. The van der Waals surface area contributed by atoms with Gasteiger partial charge >= 0.3 is 0 Å². The molecule has 0 N–H and O–H groups in total. The quantitative estimate of drug-likeness (QED) is 0.122. The van der Waals surface area contributed by atoms with Crippen molar-refractivity contribution in [1.29, 1.82) is 0 Å². The number of rotatable bonds is 9. The predicted octanol–water partition coefficient (Wildman–Crippen LogP) is 8.40. The number of carbonyl (C=O) groups is 1. The van der Waals surface area contributed by atoms with Gasteiger partial charge in [0.1, 0.15) is 0 Å². The van der Waals surface area contributed by atoms with Crippen molar-refractivity contribution in [2.75, 3.05) is 42.7 Å². The van der Waals surface area contributed by atoms with Crippen molar-refractivity contribution in [2.24, 2.45) is 0 Å². The Morgan fingerprint density at radius 3 is 1.49 bits per heavy atom. The van der Waals surface area contributed by atoms with Crippen LogP contribution >= 0.6 is 0 Å². The average molecular weight is 603 g/mol. The maximum atomic E-state index is 15.0. The molecule has 0 heterocycles. The molecule has 7 nitrogen and oxygen atoms in total. The molecule has 0 saturated carbocycles. The Labute approximate surface area is 261 Å². The van der Waals surface area contributed by atoms with Gasteiger partial charge in [0.15, 0.2) is 28.8 Å². The highest BCUT2D eigenvalue weighted by Crippen LogP contribution is 2.49. The van der Waals surface area contributed by atoms with Crippen LogP contribution in [-0.4, -0.2) is 48.4 Å². The van der Waals surface area contributed by atoms with Crippen LogP contribution in [0.15, 0.2) is 78.9 Å². The van der Waals surface area contributed by atoms with E-state index in [1.165, 1.54) is 21.3 Å². The molecule has 0 aliphatic heterocycles. The van der Waals surface area contributed by atoms with E-state index in [-0.39, 0.29) is 5.78 Å². The van der Waals surface area contributed by atoms with E-state index in [2.05, 4.69) is 31.2 Å². The second kappa shape index (κ2) is 11.9. The largest absolute Gasteiger partial charge is 0.493 e. The van der Waals surface area contributed by atoms with E-state index in [0.717, 1.165) is 49.0 Å². The van der Waals surface area contributed by atoms with Crippen molar-refractivity contribution < 1.29 is 33.2 Å². The van der Waals surface area contributed by atoms with Crippen molar-refractivity contribution in [3.05, 3.63) is 95.6 Å². The minimum absolute atomic E-state index is 0.208. The normalized spacial score (nSPS) is 11.1. The minimum atomic E-state index is -0.208. The molecule has 0 radical (unpaired) electrons. The molecular weight excluding hydrogens is 568 g/mol. The van der Waals surface area contributed by atoms with Gasteiger partial charge in [0.2, 0.25) is 11.5 Å². The van der Waals surface area contributed by atoms with Gasteiger partial charge in [0, 0.05) is 16.7 Å². The molecular formula is C38H34O7. The predicted molar refractivity (Wildman–Crippen MR) is 178 cm³/mol. The summed E-state index contributed by atoms with van der Waals surface area (Å²) in [5, 5.41) is 5.88. The van der Waals surface area contributed by atoms with Crippen LogP contribution in [0.5, 0.6) is 34.5 Å². The summed E-state index contributed by atoms with van der Waals surface area (Å²) in [6.07, 6.45) is 0. The van der Waals surface area contributed by atoms with Crippen LogP contribution < -0.4 is 28.4 Å². The number of ketones is 1. The lowest BCUT2D eigenvalue weighted by Crippen LogP contribution is -2.08. The van der Waals surface area contributed by atoms with Crippen LogP contribution in [0.4, 0.5) is 0 Å². The summed E-state index contributed by atoms with van der Waals surface area (Å²) in [5.41, 5.74) is 3.54. The second-order valence-corrected chi connectivity index (χ2v) is 10.6. The highest BCUT2D eigenvalue weighted by molar-refractivity contribution is 6.32. The molecule has 0 amide bonds. The van der Waals surface area contributed by atoms with Crippen LogP contribution in [0.1, 0.15) is 21.5 Å². The van der Waals surface area contributed by atoms with E-state index in [0.29, 0.717) is 45.6 Å². The number of fused-ring (bicyclic) bond motifs is 5. The molecule has 6 rings (SSSR count). The monoisotopic (exact) mass is 602 g/mol. The third-order valence-electron chi connectivity index (χ3n) is 8.35. The average Bonchev–Trinajstić information content (AvgIpc) is 3.09. The molecule has 0 spiro atoms. The molecule has 0 atom stereocenters. The molecule has 228 valence electrons. The standard InChI is InChI=1S/C38H34O7/c1-21-16-28-25-13-9-11-15-27(25)35(36(39)23-19-31(42-4)38(45-7)32(20-23)43-5)33(34(28)26-14-10-8-12-24(21)26)22-17-29(40-2)37(44-6)30(18-22)41-3/h8-20H,1-7H3. The van der Waals surface area contributed by atoms with Crippen LogP contribution in [0.2, 0.25) is 0 Å². The van der Waals surface area contributed by atoms with Gasteiger partial charge in [-0.2, -0.15) is 0 Å². The van der Waals surface area contributed by atoms with Gasteiger partial charge in [-0.25, -0.2) is 0 Å². The number of methoxy groups -OCH3 is 6. The first-order valence-electron chi connectivity index (χ1n) is 14.4. The number of hydrogen-bond acceptors (Lipinski definition) is 7. The lowest BCUT2D eigenvalue weighted by atomic mass is 9.82. The Morgan fingerprint density at radius 2 is 0.978 bits per heavy atom. The summed E-state index contributed by atoms with van der Waals surface area (Å²) in [6.45, 7) is 2.12. The minimum Gasteiger partial charge on any atom is -0.493 e. The summed E-state index contributed by atoms with van der Waals surface area (Å²) in [4.78, 5) is 15.0. The topological polar surface area (TPSA) is 72.5 Å². The zero-order valence-electron chi connectivity index (χ0n) is 26.4. The molecule has 6 aromatic carbocycles. The zero-order valence-corrected chi connectivity index (χ0v) is 26.4. The third-order valence-corrected chi connectivity index (χ3v) is 8.35. The molecule has 0 fully saturated rings. The first-order valence-corrected chi connectivity index (χ1v) is 14.4. The summed E-state index contributed by atoms with van der Waals surface area (Å²) in [6, 6.07) is 25.7. The molecule has 45 heavy (non-hydrogen) atoms. The fourth-order valence-electron chi connectivity index (χ4n) is 6.34. The molecule has 0 bridgehead atoms. The Kier molecular flexibility index (Phi) is 7.85. The zero-order chi connectivity index (χ0) is 31.8. The maximum absolute atomic E-state index is 15.0. The van der Waals surface area contributed by atoms with E-state index in [1.54, 1.807) is 33.5 Å². The van der Waals surface area contributed by atoms with Crippen molar-refractivity contribution in [3.63, 3.8) is 0 Å². The van der Waals surface area contributed by atoms with Gasteiger partial charge in [0.05, 0.1) is 42.7 Å². The summed E-state index contributed by atoms with van der Waals surface area (Å²) < 4.78 is 34.0. The van der Waals surface area contributed by atoms with Crippen molar-refractivity contribution >= 4 is 38.1 Å². The van der Waals surface area contributed by atoms with E-state index in [9.17, 15) is 0 Å². The third kappa shape index (κ3) is 4.72. The maximum Gasteiger partial charge on any atom is 0.203 e. The van der Waals surface area contributed by atoms with Crippen molar-refractivity contribution in [2.45, 2.75) is 6.92 Å². The highest BCUT2D eigenvalue weighted by Gasteiger charge is 2.27. The highest BCUT2D eigenvalue weighted by atomic mass is 16.5. The van der Waals surface area contributed by atoms with Crippen molar-refractivity contribution in [3.8, 4) is 45.6 Å². The molecule has 0 aliphatic carbocycles. The van der Waals surface area contributed by atoms with E-state index < -0.39 is 0 Å². The van der Waals surface area contributed by atoms with Crippen LogP contribution in [0, 0.1) is 6.92 Å². The summed E-state index contributed by atoms with van der Waals surface area (Å²) in [7, 11) is 9.34. The van der Waals surface area contributed by atoms with Gasteiger partial charge in [-0.3, -0.25) is 4.79 Å². The smallest absolute Gasteiger partial charge is 0.203 e. The lowest BCUT2D eigenvalue weighted by molar-refractivity contribution is 0.104. The van der Waals surface area contributed by atoms with Gasteiger partial charge in [0.25, 0.3) is 0 Å². The van der Waals surface area contributed by atoms with Crippen LogP contribution in [0.25, 0.3) is 43.4 Å². The summed E-state index contributed by atoms with van der Waals surface area (Å²) >= 11 is 0. The number of aryl methyl sites for hydroxylation is 1. The fraction of sp³-hybridized carbons (Fsp3) is 0.184. The van der Waals surface area contributed by atoms with Gasteiger partial charge in [-0.15, -0.1) is 0 Å². The fourth-order valence-corrected chi connectivity index (χ4v) is 6.34. The molecule has 0 aromatic heterocycles. The van der Waals surface area contributed by atoms with E-state index in [4.69, 9.17) is 28.4 Å². The van der Waals surface area contributed by atoms with E-state index >= 15 is 4.79 Å². The molecule has 7 heteroatoms. The number of hydrogen-bond donors (Lipinski definition) is 0. The second-order valence-electron chi connectivity index (χ2n) is 10.6. The number of ether oxygens (including phenoxy) is 6. The molecule has 6 aromatic rings. The van der Waals surface area contributed by atoms with Gasteiger partial charge in [-0.05, 0) is 74.6 Å².